The Labute approximate surface area is 185 Å². The second-order valence-corrected chi connectivity index (χ2v) is 8.01. The maximum absolute atomic E-state index is 13.2. The van der Waals surface area contributed by atoms with Gasteiger partial charge in [-0.05, 0) is 40.1 Å². The average Bonchev–Trinajstić information content (AvgIpc) is 3.24. The lowest BCUT2D eigenvalue weighted by Crippen LogP contribution is -2.29. The highest BCUT2D eigenvalue weighted by molar-refractivity contribution is 6.31. The molecule has 0 aliphatic heterocycles. The lowest BCUT2D eigenvalue weighted by Gasteiger charge is -2.20. The van der Waals surface area contributed by atoms with Gasteiger partial charge in [-0.2, -0.15) is 0 Å². The zero-order chi connectivity index (χ0) is 21.2. The van der Waals surface area contributed by atoms with Crippen LogP contribution < -0.4 is 5.32 Å². The largest absolute Gasteiger partial charge is 0.361 e. The first-order chi connectivity index (χ1) is 15.2. The quantitative estimate of drug-likeness (QED) is 0.330. The minimum atomic E-state index is -0.0892. The van der Waals surface area contributed by atoms with Gasteiger partial charge in [0.05, 0.1) is 0 Å². The van der Waals surface area contributed by atoms with Crippen LogP contribution in [0.3, 0.4) is 0 Å². The van der Waals surface area contributed by atoms with Gasteiger partial charge in [-0.25, -0.2) is 0 Å². The second kappa shape index (κ2) is 8.29. The van der Waals surface area contributed by atoms with Gasteiger partial charge in [0.2, 0.25) is 0 Å². The van der Waals surface area contributed by atoms with Gasteiger partial charge in [-0.15, -0.1) is 0 Å². The number of para-hydroxylation sites is 1. The first-order valence-corrected chi connectivity index (χ1v) is 10.7. The number of rotatable bonds is 5. The van der Waals surface area contributed by atoms with Crippen LogP contribution in [0.5, 0.6) is 0 Å². The Kier molecular flexibility index (Phi) is 5.19. The zero-order valence-electron chi connectivity index (χ0n) is 16.8. The number of fused-ring (bicyclic) bond motifs is 2. The van der Waals surface area contributed by atoms with Crippen molar-refractivity contribution in [2.24, 2.45) is 0 Å². The van der Waals surface area contributed by atoms with Crippen LogP contribution in [0.25, 0.3) is 21.7 Å². The highest BCUT2D eigenvalue weighted by Crippen LogP contribution is 2.34. The van der Waals surface area contributed by atoms with Crippen molar-refractivity contribution in [1.29, 1.82) is 0 Å². The van der Waals surface area contributed by atoms with Crippen LogP contribution in [-0.2, 0) is 0 Å². The van der Waals surface area contributed by atoms with Gasteiger partial charge < -0.3 is 10.3 Å². The zero-order valence-corrected chi connectivity index (χ0v) is 17.6. The molecule has 1 heterocycles. The third kappa shape index (κ3) is 3.69. The number of nitrogens with one attached hydrogen (secondary N) is 2. The second-order valence-electron chi connectivity index (χ2n) is 7.60. The van der Waals surface area contributed by atoms with Crippen LogP contribution in [0, 0.1) is 0 Å². The Hall–Kier alpha value is -3.56. The van der Waals surface area contributed by atoms with E-state index in [0.29, 0.717) is 17.1 Å². The summed E-state index contributed by atoms with van der Waals surface area (Å²) in [6, 6.07) is 29.8. The third-order valence-corrected chi connectivity index (χ3v) is 6.12. The number of hydrogen-bond donors (Lipinski definition) is 2. The van der Waals surface area contributed by atoms with Crippen LogP contribution in [-0.4, -0.2) is 17.4 Å². The summed E-state index contributed by atoms with van der Waals surface area (Å²) in [7, 11) is 0. The molecule has 0 bridgehead atoms. The van der Waals surface area contributed by atoms with Gasteiger partial charge in [0.25, 0.3) is 5.91 Å². The maximum Gasteiger partial charge on any atom is 0.251 e. The molecule has 1 unspecified atom stereocenters. The average molecular weight is 425 g/mol. The van der Waals surface area contributed by atoms with E-state index in [4.69, 9.17) is 11.6 Å². The topological polar surface area (TPSA) is 44.9 Å². The molecule has 0 aliphatic carbocycles. The third-order valence-electron chi connectivity index (χ3n) is 5.78. The Morgan fingerprint density at radius 2 is 1.52 bits per heavy atom. The molecule has 1 aromatic heterocycles. The molecule has 5 rings (SSSR count). The normalized spacial score (nSPS) is 12.2. The van der Waals surface area contributed by atoms with E-state index in [9.17, 15) is 4.79 Å². The molecule has 31 heavy (non-hydrogen) atoms. The fourth-order valence-electron chi connectivity index (χ4n) is 4.24. The molecule has 1 atom stereocenters. The van der Waals surface area contributed by atoms with Crippen molar-refractivity contribution in [2.45, 2.75) is 5.92 Å². The lowest BCUT2D eigenvalue weighted by atomic mass is 9.90. The number of carbonyl (C=O) groups excluding carboxylic acids is 1. The highest BCUT2D eigenvalue weighted by atomic mass is 35.5. The fourth-order valence-corrected chi connectivity index (χ4v) is 4.51. The number of benzene rings is 4. The summed E-state index contributed by atoms with van der Waals surface area (Å²) >= 11 is 6.57. The van der Waals surface area contributed by atoms with Gasteiger partial charge in [-0.1, -0.05) is 84.4 Å². The van der Waals surface area contributed by atoms with Gasteiger partial charge in [-0.3, -0.25) is 4.79 Å². The summed E-state index contributed by atoms with van der Waals surface area (Å²) < 4.78 is 0. The van der Waals surface area contributed by atoms with Crippen molar-refractivity contribution >= 4 is 39.2 Å². The molecular weight excluding hydrogens is 404 g/mol. The molecule has 0 saturated heterocycles. The molecule has 1 amide bonds. The molecule has 4 heteroatoms. The molecule has 0 fully saturated rings. The van der Waals surface area contributed by atoms with Crippen molar-refractivity contribution < 1.29 is 4.79 Å². The summed E-state index contributed by atoms with van der Waals surface area (Å²) in [6.45, 7) is 0.438. The van der Waals surface area contributed by atoms with E-state index in [-0.39, 0.29) is 11.8 Å². The predicted molar refractivity (Wildman–Crippen MR) is 128 cm³/mol. The van der Waals surface area contributed by atoms with E-state index < -0.39 is 0 Å². The van der Waals surface area contributed by atoms with E-state index in [1.807, 2.05) is 85.1 Å². The molecule has 2 N–H and O–H groups in total. The summed E-state index contributed by atoms with van der Waals surface area (Å²) in [5.41, 5.74) is 3.85. The number of carbonyl (C=O) groups is 1. The number of hydrogen-bond acceptors (Lipinski definition) is 1. The molecule has 5 aromatic rings. The smallest absolute Gasteiger partial charge is 0.251 e. The molecule has 0 radical (unpaired) electrons. The summed E-state index contributed by atoms with van der Waals surface area (Å²) in [5, 5.41) is 6.98. The maximum atomic E-state index is 13.2. The summed E-state index contributed by atoms with van der Waals surface area (Å²) in [6.07, 6.45) is 2.02. The fraction of sp³-hybridized carbons (Fsp3) is 0.0741. The van der Waals surface area contributed by atoms with Crippen molar-refractivity contribution in [3.8, 4) is 0 Å². The van der Waals surface area contributed by atoms with Crippen molar-refractivity contribution in [3.05, 3.63) is 119 Å². The molecule has 3 nitrogen and oxygen atoms in total. The molecule has 152 valence electrons. The van der Waals surface area contributed by atoms with Gasteiger partial charge in [0.15, 0.2) is 0 Å². The monoisotopic (exact) mass is 424 g/mol. The number of amides is 1. The van der Waals surface area contributed by atoms with Crippen molar-refractivity contribution in [3.63, 3.8) is 0 Å². The Morgan fingerprint density at radius 3 is 2.39 bits per heavy atom. The van der Waals surface area contributed by atoms with Crippen LogP contribution in [0.15, 0.2) is 97.2 Å². The highest BCUT2D eigenvalue weighted by Gasteiger charge is 2.21. The Morgan fingerprint density at radius 1 is 0.806 bits per heavy atom. The predicted octanol–water partition coefficient (Wildman–Crippen LogP) is 6.54. The summed E-state index contributed by atoms with van der Waals surface area (Å²) in [4.78, 5) is 16.5. The first-order valence-electron chi connectivity index (χ1n) is 10.3. The van der Waals surface area contributed by atoms with E-state index in [1.165, 1.54) is 0 Å². The molecular formula is C27H21ClN2O. The van der Waals surface area contributed by atoms with E-state index in [2.05, 4.69) is 22.4 Å². The first kappa shape index (κ1) is 19.4. The van der Waals surface area contributed by atoms with Crippen LogP contribution in [0.2, 0.25) is 5.02 Å². The van der Waals surface area contributed by atoms with Gasteiger partial charge >= 0.3 is 0 Å². The van der Waals surface area contributed by atoms with E-state index in [0.717, 1.165) is 32.8 Å². The Balaban J connectivity index is 1.51. The molecule has 4 aromatic carbocycles. The summed E-state index contributed by atoms with van der Waals surface area (Å²) in [5.74, 6) is -0.169. The number of aromatic nitrogens is 1. The van der Waals surface area contributed by atoms with Gasteiger partial charge in [0.1, 0.15) is 0 Å². The number of halogens is 1. The number of H-pyrrole nitrogens is 1. The minimum Gasteiger partial charge on any atom is -0.361 e. The standard InChI is InChI=1S/C27H21ClN2O/c28-25-14-5-3-11-20(25)23(24-16-29-26-15-6-4-12-21(24)26)17-30-27(31)22-13-7-9-18-8-1-2-10-19(18)22/h1-16,23,29H,17H2,(H,30,31). The van der Waals surface area contributed by atoms with Crippen molar-refractivity contribution in [2.75, 3.05) is 6.54 Å². The van der Waals surface area contributed by atoms with Crippen LogP contribution in [0.4, 0.5) is 0 Å². The Bertz CT molecular complexity index is 1380. The molecule has 0 spiro atoms. The van der Waals surface area contributed by atoms with E-state index >= 15 is 0 Å². The molecule has 0 saturated carbocycles. The SMILES string of the molecule is O=C(NCC(c1ccccc1Cl)c1c[nH]c2ccccc12)c1cccc2ccccc12. The minimum absolute atomic E-state index is 0.0798. The van der Waals surface area contributed by atoms with Gasteiger partial charge in [0, 0.05) is 40.1 Å². The van der Waals surface area contributed by atoms with E-state index in [1.54, 1.807) is 0 Å². The lowest BCUT2D eigenvalue weighted by molar-refractivity contribution is 0.0954. The van der Waals surface area contributed by atoms with Crippen molar-refractivity contribution in [1.82, 2.24) is 10.3 Å². The van der Waals surface area contributed by atoms with Crippen LogP contribution in [0.1, 0.15) is 27.4 Å². The molecule has 0 aliphatic rings. The van der Waals surface area contributed by atoms with Crippen LogP contribution >= 0.6 is 11.6 Å². The number of aromatic amines is 1.